The molecule has 0 fully saturated rings. The van der Waals surface area contributed by atoms with Gasteiger partial charge in [0, 0.05) is 28.2 Å². The van der Waals surface area contributed by atoms with Crippen molar-refractivity contribution in [3.63, 3.8) is 0 Å². The average molecular weight is 381 g/mol. The lowest BCUT2D eigenvalue weighted by molar-refractivity contribution is -0.139. The van der Waals surface area contributed by atoms with Crippen LogP contribution in [0, 0.1) is 0 Å². The number of carbonyl (C=O) groups is 3. The highest BCUT2D eigenvalue weighted by Crippen LogP contribution is 2.30. The fourth-order valence-corrected chi connectivity index (χ4v) is 2.75. The molecule has 0 aliphatic heterocycles. The molecular formula is C17H14Cl2N2O4. The van der Waals surface area contributed by atoms with Gasteiger partial charge in [0.1, 0.15) is 0 Å². The molecule has 2 aromatic carbocycles. The summed E-state index contributed by atoms with van der Waals surface area (Å²) >= 11 is 12.0. The first kappa shape index (κ1) is 18.8. The molecule has 0 aromatic heterocycles. The molecule has 0 heterocycles. The Bertz CT molecular complexity index is 791. The molecule has 2 rings (SSSR count). The van der Waals surface area contributed by atoms with Gasteiger partial charge in [-0.25, -0.2) is 9.59 Å². The summed E-state index contributed by atoms with van der Waals surface area (Å²) in [5.74, 6) is -1.93. The first-order valence-electron chi connectivity index (χ1n) is 7.13. The number of halogens is 2. The summed E-state index contributed by atoms with van der Waals surface area (Å²) in [5, 5.41) is 11.9. The predicted molar refractivity (Wildman–Crippen MR) is 93.9 cm³/mol. The zero-order chi connectivity index (χ0) is 18.6. The maximum atomic E-state index is 12.3. The lowest BCUT2D eigenvalue weighted by Gasteiger charge is -2.21. The Morgan fingerprint density at radius 3 is 2.08 bits per heavy atom. The van der Waals surface area contributed by atoms with Crippen LogP contribution in [0.1, 0.15) is 22.0 Å². The van der Waals surface area contributed by atoms with E-state index in [1.807, 2.05) is 0 Å². The quantitative estimate of drug-likeness (QED) is 0.847. The third kappa shape index (κ3) is 4.29. The number of nitrogens with one attached hydrogen (secondary N) is 1. The predicted octanol–water partition coefficient (Wildman–Crippen LogP) is 3.60. The lowest BCUT2D eigenvalue weighted by atomic mass is 10.1. The number of hydrogen-bond donors (Lipinski definition) is 2. The normalized spacial score (nSPS) is 11.5. The van der Waals surface area contributed by atoms with E-state index in [9.17, 15) is 19.5 Å². The van der Waals surface area contributed by atoms with Gasteiger partial charge in [0.05, 0.1) is 0 Å². The lowest BCUT2D eigenvalue weighted by Crippen LogP contribution is -2.44. The Morgan fingerprint density at radius 2 is 1.56 bits per heavy atom. The second-order valence-corrected chi connectivity index (χ2v) is 5.90. The maximum Gasteiger partial charge on any atom is 0.331 e. The van der Waals surface area contributed by atoms with Crippen LogP contribution in [0.25, 0.3) is 0 Å². The molecule has 8 heteroatoms. The Hall–Kier alpha value is -2.57. The molecule has 130 valence electrons. The summed E-state index contributed by atoms with van der Waals surface area (Å²) in [6, 6.07) is 10.2. The molecule has 0 saturated heterocycles. The van der Waals surface area contributed by atoms with Gasteiger partial charge in [-0.1, -0.05) is 47.5 Å². The number of carboxylic acid groups (broad SMARTS) is 1. The highest BCUT2D eigenvalue weighted by Gasteiger charge is 2.29. The molecule has 25 heavy (non-hydrogen) atoms. The summed E-state index contributed by atoms with van der Waals surface area (Å²) in [5.41, 5.74) is 0.343. The van der Waals surface area contributed by atoms with E-state index in [1.54, 1.807) is 36.4 Å². The van der Waals surface area contributed by atoms with Crippen LogP contribution >= 0.6 is 23.2 Å². The van der Waals surface area contributed by atoms with Gasteiger partial charge in [-0.05, 0) is 24.3 Å². The van der Waals surface area contributed by atoms with Crippen LogP contribution in [0.5, 0.6) is 0 Å². The SMILES string of the molecule is CN(C(=O)NC(C(=O)O)c1c(Cl)cccc1Cl)C(=O)c1ccccc1. The van der Waals surface area contributed by atoms with E-state index in [-0.39, 0.29) is 15.6 Å². The molecule has 0 aliphatic carbocycles. The van der Waals surface area contributed by atoms with E-state index in [0.717, 1.165) is 4.90 Å². The van der Waals surface area contributed by atoms with Crippen LogP contribution in [0.3, 0.4) is 0 Å². The number of aliphatic carboxylic acids is 1. The fourth-order valence-electron chi connectivity index (χ4n) is 2.13. The molecule has 0 saturated carbocycles. The molecule has 2 aromatic rings. The van der Waals surface area contributed by atoms with Crippen LogP contribution in [-0.4, -0.2) is 35.0 Å². The Labute approximate surface area is 154 Å². The zero-order valence-electron chi connectivity index (χ0n) is 13.1. The zero-order valence-corrected chi connectivity index (χ0v) is 14.6. The summed E-state index contributed by atoms with van der Waals surface area (Å²) < 4.78 is 0. The average Bonchev–Trinajstić information content (AvgIpc) is 2.59. The van der Waals surface area contributed by atoms with Crippen molar-refractivity contribution in [2.24, 2.45) is 0 Å². The van der Waals surface area contributed by atoms with E-state index in [4.69, 9.17) is 23.2 Å². The van der Waals surface area contributed by atoms with Gasteiger partial charge in [0.2, 0.25) is 0 Å². The number of benzene rings is 2. The molecule has 1 unspecified atom stereocenters. The van der Waals surface area contributed by atoms with Crippen LogP contribution in [0.2, 0.25) is 10.0 Å². The highest BCUT2D eigenvalue weighted by atomic mass is 35.5. The van der Waals surface area contributed by atoms with Gasteiger partial charge < -0.3 is 10.4 Å². The van der Waals surface area contributed by atoms with Crippen molar-refractivity contribution in [1.29, 1.82) is 0 Å². The third-order valence-corrected chi connectivity index (χ3v) is 4.09. The number of urea groups is 1. The summed E-state index contributed by atoms with van der Waals surface area (Å²) in [6.45, 7) is 0. The second-order valence-electron chi connectivity index (χ2n) is 5.09. The molecule has 0 aliphatic rings. The molecule has 1 atom stereocenters. The topological polar surface area (TPSA) is 86.7 Å². The largest absolute Gasteiger partial charge is 0.479 e. The van der Waals surface area contributed by atoms with Gasteiger partial charge in [-0.2, -0.15) is 0 Å². The number of imide groups is 1. The van der Waals surface area contributed by atoms with Crippen molar-refractivity contribution in [1.82, 2.24) is 10.2 Å². The van der Waals surface area contributed by atoms with Gasteiger partial charge in [0.15, 0.2) is 6.04 Å². The van der Waals surface area contributed by atoms with Crippen molar-refractivity contribution < 1.29 is 19.5 Å². The number of nitrogens with zero attached hydrogens (tertiary/aromatic N) is 1. The second kappa shape index (κ2) is 8.00. The van der Waals surface area contributed by atoms with E-state index >= 15 is 0 Å². The smallest absolute Gasteiger partial charge is 0.331 e. The first-order chi connectivity index (χ1) is 11.8. The van der Waals surface area contributed by atoms with Crippen LogP contribution in [0.4, 0.5) is 4.79 Å². The van der Waals surface area contributed by atoms with Crippen molar-refractivity contribution >= 4 is 41.1 Å². The molecule has 0 spiro atoms. The number of rotatable bonds is 4. The van der Waals surface area contributed by atoms with Crippen molar-refractivity contribution in [2.75, 3.05) is 7.05 Å². The summed E-state index contributed by atoms with van der Waals surface area (Å²) in [6.07, 6.45) is 0. The Balaban J connectivity index is 2.24. The number of carbonyl (C=O) groups excluding carboxylic acids is 2. The van der Waals surface area contributed by atoms with E-state index in [1.165, 1.54) is 19.2 Å². The molecule has 0 bridgehead atoms. The van der Waals surface area contributed by atoms with E-state index < -0.39 is 23.9 Å². The van der Waals surface area contributed by atoms with Crippen LogP contribution < -0.4 is 5.32 Å². The highest BCUT2D eigenvalue weighted by molar-refractivity contribution is 6.36. The van der Waals surface area contributed by atoms with E-state index in [2.05, 4.69) is 5.32 Å². The number of carboxylic acids is 1. The van der Waals surface area contributed by atoms with E-state index in [0.29, 0.717) is 5.56 Å². The van der Waals surface area contributed by atoms with Gasteiger partial charge >= 0.3 is 12.0 Å². The Morgan fingerprint density at radius 1 is 1.00 bits per heavy atom. The summed E-state index contributed by atoms with van der Waals surface area (Å²) in [7, 11) is 1.25. The number of amides is 3. The maximum absolute atomic E-state index is 12.3. The monoisotopic (exact) mass is 380 g/mol. The fraction of sp³-hybridized carbons (Fsp3) is 0.118. The van der Waals surface area contributed by atoms with Gasteiger partial charge in [-0.3, -0.25) is 9.69 Å². The molecular weight excluding hydrogens is 367 g/mol. The minimum Gasteiger partial charge on any atom is -0.479 e. The van der Waals surface area contributed by atoms with Crippen molar-refractivity contribution in [3.8, 4) is 0 Å². The van der Waals surface area contributed by atoms with Crippen LogP contribution in [-0.2, 0) is 4.79 Å². The molecule has 2 N–H and O–H groups in total. The summed E-state index contributed by atoms with van der Waals surface area (Å²) in [4.78, 5) is 36.9. The third-order valence-electron chi connectivity index (χ3n) is 3.43. The van der Waals surface area contributed by atoms with Gasteiger partial charge in [0.25, 0.3) is 5.91 Å². The minimum atomic E-state index is -1.50. The van der Waals surface area contributed by atoms with Crippen molar-refractivity contribution in [3.05, 3.63) is 69.7 Å². The molecule has 0 radical (unpaired) electrons. The first-order valence-corrected chi connectivity index (χ1v) is 7.89. The minimum absolute atomic E-state index is 0.0484. The molecule has 6 nitrogen and oxygen atoms in total. The molecule has 3 amide bonds. The van der Waals surface area contributed by atoms with Crippen molar-refractivity contribution in [2.45, 2.75) is 6.04 Å². The van der Waals surface area contributed by atoms with Crippen LogP contribution in [0.15, 0.2) is 48.5 Å². The van der Waals surface area contributed by atoms with Gasteiger partial charge in [-0.15, -0.1) is 0 Å². The number of hydrogen-bond acceptors (Lipinski definition) is 3. The Kier molecular flexibility index (Phi) is 6.01. The standard InChI is InChI=1S/C17H14Cl2N2O4/c1-21(15(22)10-6-3-2-4-7-10)17(25)20-14(16(23)24)13-11(18)8-5-9-12(13)19/h2-9,14H,1H3,(H,20,25)(H,23,24).